The molecule has 1 fully saturated rings. The minimum atomic E-state index is -0.387. The van der Waals surface area contributed by atoms with Gasteiger partial charge in [-0.3, -0.25) is 9.59 Å². The summed E-state index contributed by atoms with van der Waals surface area (Å²) in [6.45, 7) is 1.31. The lowest BCUT2D eigenvalue weighted by atomic mass is 10.2. The third kappa shape index (κ3) is 3.23. The number of hydrogen-bond acceptors (Lipinski definition) is 4. The third-order valence-electron chi connectivity index (χ3n) is 3.59. The van der Waals surface area contributed by atoms with Gasteiger partial charge in [0, 0.05) is 25.0 Å². The molecule has 3 heterocycles. The maximum atomic E-state index is 12.5. The first kappa shape index (κ1) is 15.2. The number of thioether (sulfide) groups is 1. The summed E-state index contributed by atoms with van der Waals surface area (Å²) < 4.78 is 5.46. The molecule has 1 aliphatic rings. The SMILES string of the molecule is O=C(c1c[nH]c(=O)c(Cl)c1)N1CCSC(c2ccco2)CC1. The Morgan fingerprint density at radius 3 is 3.05 bits per heavy atom. The number of aromatic amines is 1. The van der Waals surface area contributed by atoms with E-state index >= 15 is 0 Å². The van der Waals surface area contributed by atoms with E-state index in [-0.39, 0.29) is 21.7 Å². The van der Waals surface area contributed by atoms with Crippen LogP contribution in [0.4, 0.5) is 0 Å². The number of carbonyl (C=O) groups is 1. The molecule has 0 aromatic carbocycles. The summed E-state index contributed by atoms with van der Waals surface area (Å²) in [4.78, 5) is 28.1. The number of pyridine rings is 1. The predicted octanol–water partition coefficient (Wildman–Crippen LogP) is 2.94. The van der Waals surface area contributed by atoms with E-state index in [1.807, 2.05) is 12.1 Å². The number of nitrogens with zero attached hydrogens (tertiary/aromatic N) is 1. The fourth-order valence-electron chi connectivity index (χ4n) is 2.44. The summed E-state index contributed by atoms with van der Waals surface area (Å²) in [5, 5.41) is 0.301. The largest absolute Gasteiger partial charge is 0.468 e. The molecule has 2 aromatic heterocycles. The summed E-state index contributed by atoms with van der Waals surface area (Å²) in [7, 11) is 0. The molecule has 0 radical (unpaired) electrons. The number of carbonyl (C=O) groups excluding carboxylic acids is 1. The topological polar surface area (TPSA) is 66.3 Å². The van der Waals surface area contributed by atoms with Gasteiger partial charge in [-0.2, -0.15) is 0 Å². The lowest BCUT2D eigenvalue weighted by molar-refractivity contribution is 0.0765. The summed E-state index contributed by atoms with van der Waals surface area (Å²) in [5.74, 6) is 1.68. The Balaban J connectivity index is 1.71. The van der Waals surface area contributed by atoms with Gasteiger partial charge in [-0.25, -0.2) is 0 Å². The molecule has 0 saturated carbocycles. The Morgan fingerprint density at radius 2 is 2.32 bits per heavy atom. The molecule has 1 aliphatic heterocycles. The number of nitrogens with one attached hydrogen (secondary N) is 1. The van der Waals surface area contributed by atoms with Crippen LogP contribution in [-0.4, -0.2) is 34.6 Å². The minimum absolute atomic E-state index is 0.0310. The standard InChI is InChI=1S/C15H15ClN2O3S/c16-11-8-10(9-17-14(11)19)15(20)18-4-3-13(22-7-5-18)12-2-1-6-21-12/h1-2,6,8-9,13H,3-5,7H2,(H,17,19). The Hall–Kier alpha value is -1.66. The highest BCUT2D eigenvalue weighted by Gasteiger charge is 2.24. The molecule has 2 aromatic rings. The monoisotopic (exact) mass is 338 g/mol. The van der Waals surface area contributed by atoms with Crippen LogP contribution in [0.1, 0.15) is 27.8 Å². The van der Waals surface area contributed by atoms with Crippen LogP contribution in [-0.2, 0) is 0 Å². The third-order valence-corrected chi connectivity index (χ3v) is 5.16. The number of amides is 1. The average molecular weight is 339 g/mol. The molecule has 1 saturated heterocycles. The van der Waals surface area contributed by atoms with Gasteiger partial charge in [-0.05, 0) is 24.6 Å². The Labute approximate surface area is 136 Å². The molecule has 22 heavy (non-hydrogen) atoms. The molecule has 7 heteroatoms. The van der Waals surface area contributed by atoms with E-state index < -0.39 is 0 Å². The highest BCUT2D eigenvalue weighted by molar-refractivity contribution is 7.99. The van der Waals surface area contributed by atoms with Gasteiger partial charge in [0.05, 0.1) is 17.1 Å². The second kappa shape index (κ2) is 6.62. The van der Waals surface area contributed by atoms with E-state index in [1.54, 1.807) is 22.9 Å². The molecule has 0 spiro atoms. The van der Waals surface area contributed by atoms with Gasteiger partial charge in [0.2, 0.25) is 0 Å². The highest BCUT2D eigenvalue weighted by atomic mass is 35.5. The minimum Gasteiger partial charge on any atom is -0.468 e. The number of halogens is 1. The van der Waals surface area contributed by atoms with Crippen LogP contribution in [0, 0.1) is 0 Å². The van der Waals surface area contributed by atoms with Crippen LogP contribution < -0.4 is 5.56 Å². The van der Waals surface area contributed by atoms with E-state index in [0.29, 0.717) is 18.7 Å². The predicted molar refractivity (Wildman–Crippen MR) is 86.5 cm³/mol. The normalized spacial score (nSPS) is 19.0. The van der Waals surface area contributed by atoms with Crippen molar-refractivity contribution in [2.24, 2.45) is 0 Å². The summed E-state index contributed by atoms with van der Waals surface area (Å²) in [6.07, 6.45) is 3.92. The van der Waals surface area contributed by atoms with Crippen molar-refractivity contribution in [3.05, 3.63) is 57.4 Å². The molecule has 1 atom stereocenters. The fourth-order valence-corrected chi connectivity index (χ4v) is 3.79. The van der Waals surface area contributed by atoms with Gasteiger partial charge in [-0.1, -0.05) is 11.6 Å². The van der Waals surface area contributed by atoms with Gasteiger partial charge < -0.3 is 14.3 Å². The zero-order valence-electron chi connectivity index (χ0n) is 11.8. The number of H-pyrrole nitrogens is 1. The quantitative estimate of drug-likeness (QED) is 0.914. The molecular weight excluding hydrogens is 324 g/mol. The number of aromatic nitrogens is 1. The maximum absolute atomic E-state index is 12.5. The second-order valence-corrected chi connectivity index (χ2v) is 6.74. The smallest absolute Gasteiger partial charge is 0.266 e. The van der Waals surface area contributed by atoms with E-state index in [1.165, 1.54) is 12.3 Å². The van der Waals surface area contributed by atoms with E-state index in [4.69, 9.17) is 16.0 Å². The summed E-state index contributed by atoms with van der Waals surface area (Å²) in [6, 6.07) is 5.27. The summed E-state index contributed by atoms with van der Waals surface area (Å²) >= 11 is 7.58. The molecule has 116 valence electrons. The zero-order valence-corrected chi connectivity index (χ0v) is 13.3. The van der Waals surface area contributed by atoms with Gasteiger partial charge in [0.1, 0.15) is 10.8 Å². The van der Waals surface area contributed by atoms with Crippen molar-refractivity contribution in [3.63, 3.8) is 0 Å². The van der Waals surface area contributed by atoms with Crippen molar-refractivity contribution < 1.29 is 9.21 Å². The van der Waals surface area contributed by atoms with E-state index in [0.717, 1.165) is 17.9 Å². The van der Waals surface area contributed by atoms with Crippen molar-refractivity contribution in [1.82, 2.24) is 9.88 Å². The van der Waals surface area contributed by atoms with E-state index in [2.05, 4.69) is 4.98 Å². The summed E-state index contributed by atoms with van der Waals surface area (Å²) in [5.41, 5.74) is 0.0218. The molecule has 1 amide bonds. The van der Waals surface area contributed by atoms with Crippen LogP contribution in [0.15, 0.2) is 39.9 Å². The Bertz CT molecular complexity index is 714. The van der Waals surface area contributed by atoms with Crippen LogP contribution in [0.2, 0.25) is 5.02 Å². The first-order valence-electron chi connectivity index (χ1n) is 6.97. The molecule has 0 bridgehead atoms. The Morgan fingerprint density at radius 1 is 1.45 bits per heavy atom. The first-order valence-corrected chi connectivity index (χ1v) is 8.40. The fraction of sp³-hybridized carbons (Fsp3) is 0.333. The molecule has 1 N–H and O–H groups in total. The van der Waals surface area contributed by atoms with Crippen molar-refractivity contribution in [2.45, 2.75) is 11.7 Å². The molecule has 0 aliphatic carbocycles. The van der Waals surface area contributed by atoms with Gasteiger partial charge in [0.15, 0.2) is 0 Å². The number of rotatable bonds is 2. The lowest BCUT2D eigenvalue weighted by Gasteiger charge is -2.20. The van der Waals surface area contributed by atoms with Crippen LogP contribution in [0.25, 0.3) is 0 Å². The molecule has 3 rings (SSSR count). The molecular formula is C15H15ClN2O3S. The van der Waals surface area contributed by atoms with Crippen LogP contribution in [0.5, 0.6) is 0 Å². The average Bonchev–Trinajstić information content (AvgIpc) is 2.94. The van der Waals surface area contributed by atoms with Crippen molar-refractivity contribution in [3.8, 4) is 0 Å². The van der Waals surface area contributed by atoms with Crippen LogP contribution >= 0.6 is 23.4 Å². The highest BCUT2D eigenvalue weighted by Crippen LogP contribution is 2.34. The maximum Gasteiger partial charge on any atom is 0.266 e. The van der Waals surface area contributed by atoms with Gasteiger partial charge in [-0.15, -0.1) is 11.8 Å². The van der Waals surface area contributed by atoms with Gasteiger partial charge in [0.25, 0.3) is 11.5 Å². The number of furan rings is 1. The van der Waals surface area contributed by atoms with Crippen molar-refractivity contribution in [1.29, 1.82) is 0 Å². The second-order valence-electron chi connectivity index (χ2n) is 5.02. The van der Waals surface area contributed by atoms with Gasteiger partial charge >= 0.3 is 0 Å². The zero-order chi connectivity index (χ0) is 15.5. The Kier molecular flexibility index (Phi) is 4.59. The molecule has 5 nitrogen and oxygen atoms in total. The molecule has 1 unspecified atom stereocenters. The number of hydrogen-bond donors (Lipinski definition) is 1. The first-order chi connectivity index (χ1) is 10.6. The lowest BCUT2D eigenvalue weighted by Crippen LogP contribution is -2.33. The van der Waals surface area contributed by atoms with Crippen molar-refractivity contribution in [2.75, 3.05) is 18.8 Å². The van der Waals surface area contributed by atoms with Crippen LogP contribution in [0.3, 0.4) is 0 Å². The van der Waals surface area contributed by atoms with Crippen molar-refractivity contribution >= 4 is 29.3 Å². The van der Waals surface area contributed by atoms with E-state index in [9.17, 15) is 9.59 Å².